The molecule has 1 aliphatic heterocycles. The lowest BCUT2D eigenvalue weighted by Gasteiger charge is -2.27. The summed E-state index contributed by atoms with van der Waals surface area (Å²) in [6.45, 7) is 1.99. The average Bonchev–Trinajstić information content (AvgIpc) is 2.75. The van der Waals surface area contributed by atoms with E-state index in [1.54, 1.807) is 18.2 Å². The minimum absolute atomic E-state index is 0.193. The molecular formula is C23H16Cl2N6O. The van der Waals surface area contributed by atoms with E-state index in [9.17, 15) is 10.1 Å². The maximum atomic E-state index is 13.1. The van der Waals surface area contributed by atoms with E-state index < -0.39 is 5.56 Å². The number of halogens is 2. The number of aromatic nitrogens is 3. The molecule has 0 saturated carbocycles. The first-order valence-electron chi connectivity index (χ1n) is 9.90. The van der Waals surface area contributed by atoms with Crippen molar-refractivity contribution in [2.75, 3.05) is 18.4 Å². The number of nitriles is 1. The second-order valence-electron chi connectivity index (χ2n) is 7.46. The molecule has 3 heterocycles. The van der Waals surface area contributed by atoms with Crippen LogP contribution in [-0.4, -0.2) is 27.6 Å². The third kappa shape index (κ3) is 3.59. The molecular weight excluding hydrogens is 447 g/mol. The Morgan fingerprint density at radius 2 is 1.84 bits per heavy atom. The number of hydrogen-bond donors (Lipinski definition) is 2. The van der Waals surface area contributed by atoms with Crippen LogP contribution < -0.4 is 16.2 Å². The van der Waals surface area contributed by atoms with Crippen LogP contribution >= 0.6 is 23.2 Å². The van der Waals surface area contributed by atoms with Gasteiger partial charge in [-0.05, 0) is 29.8 Å². The SMILES string of the molecule is N#Cc1cn(-c2c(Cl)cccc2Cl)c(=O)c2cnc(Nc3ccc(C4CNC4)cc3)nc12. The molecule has 2 aromatic heterocycles. The summed E-state index contributed by atoms with van der Waals surface area (Å²) in [6, 6.07) is 15.1. The lowest BCUT2D eigenvalue weighted by molar-refractivity contribution is 0.448. The Morgan fingerprint density at radius 1 is 1.12 bits per heavy atom. The van der Waals surface area contributed by atoms with Crippen molar-refractivity contribution in [1.29, 1.82) is 5.26 Å². The normalized spacial score (nSPS) is 13.5. The zero-order valence-corrected chi connectivity index (χ0v) is 18.2. The molecule has 0 atom stereocenters. The highest BCUT2D eigenvalue weighted by atomic mass is 35.5. The fraction of sp³-hybridized carbons (Fsp3) is 0.130. The van der Waals surface area contributed by atoms with E-state index in [4.69, 9.17) is 23.2 Å². The van der Waals surface area contributed by atoms with E-state index in [0.717, 1.165) is 18.8 Å². The predicted molar refractivity (Wildman–Crippen MR) is 125 cm³/mol. The van der Waals surface area contributed by atoms with Crippen LogP contribution in [-0.2, 0) is 0 Å². The largest absolute Gasteiger partial charge is 0.324 e. The van der Waals surface area contributed by atoms with Crippen molar-refractivity contribution in [3.8, 4) is 11.8 Å². The first-order valence-corrected chi connectivity index (χ1v) is 10.7. The maximum Gasteiger partial charge on any atom is 0.266 e. The van der Waals surface area contributed by atoms with Crippen LogP contribution in [0.2, 0.25) is 10.0 Å². The third-order valence-electron chi connectivity index (χ3n) is 5.47. The summed E-state index contributed by atoms with van der Waals surface area (Å²) in [6.07, 6.45) is 2.81. The van der Waals surface area contributed by atoms with Gasteiger partial charge in [-0.3, -0.25) is 9.36 Å². The van der Waals surface area contributed by atoms with Crippen LogP contribution in [0.5, 0.6) is 0 Å². The van der Waals surface area contributed by atoms with Crippen molar-refractivity contribution in [3.05, 3.63) is 86.4 Å². The van der Waals surface area contributed by atoms with Gasteiger partial charge in [0.15, 0.2) is 0 Å². The summed E-state index contributed by atoms with van der Waals surface area (Å²) in [4.78, 5) is 21.9. The smallest absolute Gasteiger partial charge is 0.266 e. The molecule has 2 N–H and O–H groups in total. The summed E-state index contributed by atoms with van der Waals surface area (Å²) in [5.41, 5.74) is 2.44. The molecule has 1 fully saturated rings. The number of para-hydroxylation sites is 1. The van der Waals surface area contributed by atoms with Crippen molar-refractivity contribution in [2.45, 2.75) is 5.92 Å². The highest BCUT2D eigenvalue weighted by Crippen LogP contribution is 2.29. The number of pyridine rings is 1. The van der Waals surface area contributed by atoms with E-state index in [-0.39, 0.29) is 16.5 Å². The molecule has 0 radical (unpaired) electrons. The maximum absolute atomic E-state index is 13.1. The Labute approximate surface area is 193 Å². The second-order valence-corrected chi connectivity index (χ2v) is 8.27. The summed E-state index contributed by atoms with van der Waals surface area (Å²) in [7, 11) is 0. The Hall–Kier alpha value is -3.44. The van der Waals surface area contributed by atoms with Gasteiger partial charge in [0.05, 0.1) is 26.7 Å². The van der Waals surface area contributed by atoms with Gasteiger partial charge in [0.2, 0.25) is 5.95 Å². The quantitative estimate of drug-likeness (QED) is 0.466. The van der Waals surface area contributed by atoms with Crippen LogP contribution in [0.25, 0.3) is 16.6 Å². The Morgan fingerprint density at radius 3 is 2.47 bits per heavy atom. The van der Waals surface area contributed by atoms with Gasteiger partial charge < -0.3 is 10.6 Å². The molecule has 1 saturated heterocycles. The zero-order valence-electron chi connectivity index (χ0n) is 16.6. The van der Waals surface area contributed by atoms with Crippen molar-refractivity contribution >= 4 is 45.7 Å². The van der Waals surface area contributed by atoms with E-state index >= 15 is 0 Å². The number of anilines is 2. The lowest BCUT2D eigenvalue weighted by atomic mass is 9.94. The molecule has 0 bridgehead atoms. The number of nitrogens with one attached hydrogen (secondary N) is 2. The summed E-state index contributed by atoms with van der Waals surface area (Å²) < 4.78 is 1.26. The molecule has 5 rings (SSSR count). The van der Waals surface area contributed by atoms with Crippen LogP contribution in [0.3, 0.4) is 0 Å². The molecule has 7 nitrogen and oxygen atoms in total. The summed E-state index contributed by atoms with van der Waals surface area (Å²) in [5.74, 6) is 0.841. The monoisotopic (exact) mass is 462 g/mol. The van der Waals surface area contributed by atoms with Crippen molar-refractivity contribution in [1.82, 2.24) is 19.9 Å². The Kier molecular flexibility index (Phi) is 5.27. The van der Waals surface area contributed by atoms with Gasteiger partial charge in [0.25, 0.3) is 5.56 Å². The zero-order chi connectivity index (χ0) is 22.2. The fourth-order valence-electron chi connectivity index (χ4n) is 3.64. The van der Waals surface area contributed by atoms with Crippen molar-refractivity contribution < 1.29 is 0 Å². The average molecular weight is 463 g/mol. The first-order chi connectivity index (χ1) is 15.5. The number of fused-ring (bicyclic) bond motifs is 1. The van der Waals surface area contributed by atoms with E-state index in [1.807, 2.05) is 12.1 Å². The Bertz CT molecular complexity index is 1420. The first kappa shape index (κ1) is 20.5. The molecule has 32 heavy (non-hydrogen) atoms. The Balaban J connectivity index is 1.54. The minimum Gasteiger partial charge on any atom is -0.324 e. The van der Waals surface area contributed by atoms with Crippen LogP contribution in [0, 0.1) is 11.3 Å². The van der Waals surface area contributed by atoms with E-state index in [2.05, 4.69) is 38.8 Å². The minimum atomic E-state index is -0.418. The topological polar surface area (TPSA) is 95.6 Å². The van der Waals surface area contributed by atoms with E-state index in [1.165, 1.54) is 22.5 Å². The lowest BCUT2D eigenvalue weighted by Crippen LogP contribution is -2.39. The molecule has 0 amide bonds. The fourth-order valence-corrected chi connectivity index (χ4v) is 4.22. The van der Waals surface area contributed by atoms with Gasteiger partial charge in [-0.1, -0.05) is 41.4 Å². The van der Waals surface area contributed by atoms with Gasteiger partial charge in [0, 0.05) is 37.1 Å². The molecule has 0 unspecified atom stereocenters. The number of hydrogen-bond acceptors (Lipinski definition) is 6. The number of nitrogens with zero attached hydrogens (tertiary/aromatic N) is 4. The molecule has 158 valence electrons. The van der Waals surface area contributed by atoms with Gasteiger partial charge in [-0.25, -0.2) is 9.97 Å². The van der Waals surface area contributed by atoms with Crippen molar-refractivity contribution in [3.63, 3.8) is 0 Å². The molecule has 0 aliphatic carbocycles. The van der Waals surface area contributed by atoms with Crippen molar-refractivity contribution in [2.24, 2.45) is 0 Å². The molecule has 4 aromatic rings. The van der Waals surface area contributed by atoms with Crippen LogP contribution in [0.1, 0.15) is 17.0 Å². The third-order valence-corrected chi connectivity index (χ3v) is 6.08. The van der Waals surface area contributed by atoms with Gasteiger partial charge in [-0.2, -0.15) is 5.26 Å². The predicted octanol–water partition coefficient (Wildman–Crippen LogP) is 4.39. The molecule has 1 aliphatic rings. The van der Waals surface area contributed by atoms with E-state index in [0.29, 0.717) is 27.6 Å². The van der Waals surface area contributed by atoms with Crippen LogP contribution in [0.4, 0.5) is 11.6 Å². The number of rotatable bonds is 4. The molecule has 2 aromatic carbocycles. The van der Waals surface area contributed by atoms with Gasteiger partial charge in [-0.15, -0.1) is 0 Å². The number of benzene rings is 2. The highest BCUT2D eigenvalue weighted by Gasteiger charge is 2.19. The molecule has 9 heteroatoms. The standard InChI is InChI=1S/C23H16Cl2N6O/c24-18-2-1-3-19(25)21(18)31-12-14(8-26)20-17(22(31)32)11-28-23(30-20)29-16-6-4-13(5-7-16)15-9-27-10-15/h1-7,11-12,15,27H,9-10H2,(H,28,29,30). The molecule has 0 spiro atoms. The van der Waals surface area contributed by atoms with Crippen LogP contribution in [0.15, 0.2) is 59.7 Å². The van der Waals surface area contributed by atoms with Gasteiger partial charge >= 0.3 is 0 Å². The highest BCUT2D eigenvalue weighted by molar-refractivity contribution is 6.37. The summed E-state index contributed by atoms with van der Waals surface area (Å²) >= 11 is 12.5. The summed E-state index contributed by atoms with van der Waals surface area (Å²) in [5, 5.41) is 16.9. The van der Waals surface area contributed by atoms with Gasteiger partial charge in [0.1, 0.15) is 11.6 Å². The second kappa shape index (κ2) is 8.24.